The summed E-state index contributed by atoms with van der Waals surface area (Å²) in [5.41, 5.74) is 2.35. The third-order valence-electron chi connectivity index (χ3n) is 2.49. The van der Waals surface area contributed by atoms with E-state index in [9.17, 15) is 5.21 Å². The van der Waals surface area contributed by atoms with Crippen LogP contribution in [0.25, 0.3) is 0 Å². The molecular formula is C15H13NO2. The van der Waals surface area contributed by atoms with Crippen molar-refractivity contribution in [3.63, 3.8) is 0 Å². The molecule has 0 saturated carbocycles. The lowest BCUT2D eigenvalue weighted by atomic mass is 10.1. The molecule has 0 aromatic carbocycles. The lowest BCUT2D eigenvalue weighted by Gasteiger charge is -1.98. The van der Waals surface area contributed by atoms with Crippen LogP contribution in [0.5, 0.6) is 0 Å². The van der Waals surface area contributed by atoms with Crippen LogP contribution in [0, 0.1) is 5.21 Å². The highest BCUT2D eigenvalue weighted by Crippen LogP contribution is 2.08. The summed E-state index contributed by atoms with van der Waals surface area (Å²) in [5.74, 6) is 0. The van der Waals surface area contributed by atoms with Crippen molar-refractivity contribution < 1.29 is 10.1 Å². The van der Waals surface area contributed by atoms with Gasteiger partial charge in [0.15, 0.2) is 0 Å². The molecule has 2 aliphatic carbocycles. The average molecular weight is 239 g/mol. The number of allylic oxidation sites excluding steroid dienone is 14. The maximum Gasteiger partial charge on any atom is 0.267 e. The van der Waals surface area contributed by atoms with Crippen molar-refractivity contribution in [3.8, 4) is 0 Å². The molecule has 0 aliphatic heterocycles. The SMILES string of the molecule is [O-][N+](O)=C1C=CC(=C/C=C/C=C2C=CC=C2)C=C1. The van der Waals surface area contributed by atoms with Gasteiger partial charge in [0, 0.05) is 17.1 Å². The van der Waals surface area contributed by atoms with Crippen molar-refractivity contribution in [1.29, 1.82) is 0 Å². The van der Waals surface area contributed by atoms with Crippen LogP contribution in [-0.2, 0) is 0 Å². The molecule has 0 bridgehead atoms. The minimum Gasteiger partial charge on any atom is -0.417 e. The Morgan fingerprint density at radius 3 is 1.83 bits per heavy atom. The minimum atomic E-state index is -0.150. The molecule has 90 valence electrons. The van der Waals surface area contributed by atoms with E-state index < -0.39 is 0 Å². The van der Waals surface area contributed by atoms with Crippen LogP contribution in [0.2, 0.25) is 0 Å². The van der Waals surface area contributed by atoms with Gasteiger partial charge in [0.1, 0.15) is 0 Å². The number of rotatable bonds is 2. The molecule has 0 amide bonds. The van der Waals surface area contributed by atoms with Gasteiger partial charge >= 0.3 is 0 Å². The highest BCUT2D eigenvalue weighted by molar-refractivity contribution is 6.02. The van der Waals surface area contributed by atoms with E-state index in [4.69, 9.17) is 5.21 Å². The van der Waals surface area contributed by atoms with Gasteiger partial charge in [-0.05, 0) is 23.3 Å². The second-order valence-corrected chi connectivity index (χ2v) is 3.80. The second kappa shape index (κ2) is 5.68. The van der Waals surface area contributed by atoms with E-state index in [-0.39, 0.29) is 10.6 Å². The summed E-state index contributed by atoms with van der Waals surface area (Å²) in [6.07, 6.45) is 22.5. The number of hydrogen-bond acceptors (Lipinski definition) is 2. The standard InChI is InChI=1S/C15H13NO2/c17-16(18)15-11-9-14(10-12-15)8-4-3-7-13-5-1-2-6-13/h1-12H,(H,17,18)/b4-3+. The first kappa shape index (κ1) is 11.9. The molecule has 0 heterocycles. The van der Waals surface area contributed by atoms with Crippen LogP contribution >= 0.6 is 0 Å². The van der Waals surface area contributed by atoms with Gasteiger partial charge < -0.3 is 5.21 Å². The predicted molar refractivity (Wildman–Crippen MR) is 72.3 cm³/mol. The van der Waals surface area contributed by atoms with Gasteiger partial charge in [-0.15, -0.1) is 0 Å². The van der Waals surface area contributed by atoms with Crippen LogP contribution in [0.4, 0.5) is 0 Å². The van der Waals surface area contributed by atoms with Gasteiger partial charge in [0.05, 0.1) is 0 Å². The van der Waals surface area contributed by atoms with E-state index in [2.05, 4.69) is 0 Å². The molecule has 18 heavy (non-hydrogen) atoms. The molecule has 0 aromatic rings. The highest BCUT2D eigenvalue weighted by atomic mass is 16.8. The van der Waals surface area contributed by atoms with E-state index in [0.717, 1.165) is 11.1 Å². The molecular weight excluding hydrogens is 226 g/mol. The van der Waals surface area contributed by atoms with Crippen molar-refractivity contribution in [2.24, 2.45) is 0 Å². The van der Waals surface area contributed by atoms with Gasteiger partial charge in [0.25, 0.3) is 5.71 Å². The van der Waals surface area contributed by atoms with E-state index in [1.54, 1.807) is 24.3 Å². The Hall–Kier alpha value is -2.55. The lowest BCUT2D eigenvalue weighted by molar-refractivity contribution is -0.725. The second-order valence-electron chi connectivity index (χ2n) is 3.80. The fraction of sp³-hybridized carbons (Fsp3) is 0. The van der Waals surface area contributed by atoms with Gasteiger partial charge in [-0.2, -0.15) is 0 Å². The predicted octanol–water partition coefficient (Wildman–Crippen LogP) is 2.99. The molecule has 0 saturated heterocycles. The summed E-state index contributed by atoms with van der Waals surface area (Å²) in [6.45, 7) is 0. The summed E-state index contributed by atoms with van der Waals surface area (Å²) >= 11 is 0. The lowest BCUT2D eigenvalue weighted by Crippen LogP contribution is -2.08. The van der Waals surface area contributed by atoms with Crippen LogP contribution < -0.4 is 0 Å². The molecule has 3 nitrogen and oxygen atoms in total. The fourth-order valence-electron chi connectivity index (χ4n) is 1.55. The quantitative estimate of drug-likeness (QED) is 0.457. The smallest absolute Gasteiger partial charge is 0.267 e. The first-order valence-corrected chi connectivity index (χ1v) is 5.58. The largest absolute Gasteiger partial charge is 0.417 e. The Morgan fingerprint density at radius 1 is 0.833 bits per heavy atom. The van der Waals surface area contributed by atoms with Crippen LogP contribution in [0.1, 0.15) is 0 Å². The molecule has 2 rings (SSSR count). The van der Waals surface area contributed by atoms with E-state index >= 15 is 0 Å². The Balaban J connectivity index is 1.98. The van der Waals surface area contributed by atoms with Gasteiger partial charge in [-0.1, -0.05) is 48.6 Å². The molecule has 2 aliphatic rings. The minimum absolute atomic E-state index is 0.150. The summed E-state index contributed by atoms with van der Waals surface area (Å²) in [5, 5.41) is 19.3. The Labute approximate surface area is 106 Å². The van der Waals surface area contributed by atoms with Crippen molar-refractivity contribution in [1.82, 2.24) is 0 Å². The van der Waals surface area contributed by atoms with Crippen molar-refractivity contribution in [3.05, 3.63) is 89.3 Å². The topological polar surface area (TPSA) is 46.3 Å². The Kier molecular flexibility index (Phi) is 3.76. The van der Waals surface area contributed by atoms with E-state index in [1.807, 2.05) is 48.6 Å². The van der Waals surface area contributed by atoms with Crippen molar-refractivity contribution in [2.45, 2.75) is 0 Å². The molecule has 0 spiro atoms. The molecule has 0 atom stereocenters. The molecule has 0 unspecified atom stereocenters. The Morgan fingerprint density at radius 2 is 1.33 bits per heavy atom. The third-order valence-corrected chi connectivity index (χ3v) is 2.49. The van der Waals surface area contributed by atoms with Crippen molar-refractivity contribution in [2.75, 3.05) is 0 Å². The van der Waals surface area contributed by atoms with Crippen LogP contribution in [0.3, 0.4) is 0 Å². The normalized spacial score (nSPS) is 17.0. The molecule has 0 fully saturated rings. The molecule has 0 radical (unpaired) electrons. The third kappa shape index (κ3) is 3.22. The molecule has 3 heteroatoms. The first-order valence-electron chi connectivity index (χ1n) is 5.58. The summed E-state index contributed by atoms with van der Waals surface area (Å²) < 4.78 is 0. The fourth-order valence-corrected chi connectivity index (χ4v) is 1.55. The Bertz CT molecular complexity index is 531. The molecule has 1 N–H and O–H groups in total. The average Bonchev–Trinajstić information content (AvgIpc) is 2.88. The highest BCUT2D eigenvalue weighted by Gasteiger charge is 2.05. The van der Waals surface area contributed by atoms with Crippen LogP contribution in [-0.4, -0.2) is 15.8 Å². The van der Waals surface area contributed by atoms with Crippen molar-refractivity contribution >= 4 is 5.71 Å². The van der Waals surface area contributed by atoms with Crippen LogP contribution in [0.15, 0.2) is 84.1 Å². The zero-order chi connectivity index (χ0) is 12.8. The van der Waals surface area contributed by atoms with Gasteiger partial charge in [-0.25, -0.2) is 0 Å². The number of hydrogen-bond donors (Lipinski definition) is 1. The maximum absolute atomic E-state index is 10.6. The number of nitrogens with zero attached hydrogens (tertiary/aromatic N) is 1. The summed E-state index contributed by atoms with van der Waals surface area (Å²) in [6, 6.07) is 0. The van der Waals surface area contributed by atoms with Gasteiger partial charge in [0.2, 0.25) is 0 Å². The summed E-state index contributed by atoms with van der Waals surface area (Å²) in [4.78, 5) is -0.150. The van der Waals surface area contributed by atoms with Gasteiger partial charge in [-0.3, -0.25) is 5.21 Å². The summed E-state index contributed by atoms with van der Waals surface area (Å²) in [7, 11) is 0. The zero-order valence-corrected chi connectivity index (χ0v) is 9.73. The zero-order valence-electron chi connectivity index (χ0n) is 9.73. The monoisotopic (exact) mass is 239 g/mol. The maximum atomic E-state index is 10.6. The molecule has 0 aromatic heterocycles. The first-order chi connectivity index (χ1) is 8.75. The van der Waals surface area contributed by atoms with E-state index in [0.29, 0.717) is 0 Å². The van der Waals surface area contributed by atoms with E-state index in [1.165, 1.54) is 0 Å².